The van der Waals surface area contributed by atoms with Crippen molar-refractivity contribution in [2.45, 2.75) is 50.5 Å². The Kier molecular flexibility index (Phi) is 7.76. The van der Waals surface area contributed by atoms with Crippen molar-refractivity contribution in [3.05, 3.63) is 54.1 Å². The zero-order valence-corrected chi connectivity index (χ0v) is 21.0. The van der Waals surface area contributed by atoms with E-state index in [1.807, 2.05) is 35.2 Å². The Bertz CT molecular complexity index is 1160. The molecule has 1 aliphatic carbocycles. The number of hydrogen-bond acceptors (Lipinski definition) is 6. The topological polar surface area (TPSA) is 105 Å². The van der Waals surface area contributed by atoms with Crippen LogP contribution in [0.2, 0.25) is 0 Å². The van der Waals surface area contributed by atoms with Crippen molar-refractivity contribution in [3.8, 4) is 0 Å². The van der Waals surface area contributed by atoms with Crippen molar-refractivity contribution >= 4 is 33.3 Å². The fourth-order valence-electron chi connectivity index (χ4n) is 4.41. The van der Waals surface area contributed by atoms with Gasteiger partial charge in [0.2, 0.25) is 15.9 Å². The Labute approximate surface area is 207 Å². The van der Waals surface area contributed by atoms with Crippen LogP contribution in [0.15, 0.2) is 53.4 Å². The predicted molar refractivity (Wildman–Crippen MR) is 135 cm³/mol. The first-order chi connectivity index (χ1) is 16.8. The van der Waals surface area contributed by atoms with Gasteiger partial charge in [-0.05, 0) is 63.3 Å². The fourth-order valence-corrected chi connectivity index (χ4v) is 5.90. The smallest absolute Gasteiger partial charge is 0.310 e. The van der Waals surface area contributed by atoms with Crippen LogP contribution in [-0.4, -0.2) is 40.0 Å². The Morgan fingerprint density at radius 3 is 2.51 bits per heavy atom. The lowest BCUT2D eigenvalue weighted by Gasteiger charge is -2.34. The molecule has 0 unspecified atom stereocenters. The molecule has 2 fully saturated rings. The van der Waals surface area contributed by atoms with E-state index in [4.69, 9.17) is 4.74 Å². The molecule has 0 bridgehead atoms. The van der Waals surface area contributed by atoms with Gasteiger partial charge >= 0.3 is 5.97 Å². The zero-order valence-electron chi connectivity index (χ0n) is 20.2. The Hall–Kier alpha value is -2.91. The van der Waals surface area contributed by atoms with Crippen molar-refractivity contribution in [3.63, 3.8) is 0 Å². The normalized spacial score (nSPS) is 19.1. The van der Waals surface area contributed by atoms with Gasteiger partial charge in [-0.15, -0.1) is 0 Å². The second kappa shape index (κ2) is 10.8. The molecule has 1 aliphatic heterocycles. The second-order valence-corrected chi connectivity index (χ2v) is 10.9. The van der Waals surface area contributed by atoms with Gasteiger partial charge in [0, 0.05) is 30.7 Å². The molecule has 1 amide bonds. The maximum Gasteiger partial charge on any atom is 0.310 e. The lowest BCUT2D eigenvalue weighted by molar-refractivity contribution is -0.148. The quantitative estimate of drug-likeness (QED) is 0.508. The molecule has 9 heteroatoms. The number of amides is 1. The van der Waals surface area contributed by atoms with E-state index in [2.05, 4.69) is 10.0 Å². The van der Waals surface area contributed by atoms with Crippen LogP contribution >= 0.6 is 0 Å². The molecule has 188 valence electrons. The van der Waals surface area contributed by atoms with Gasteiger partial charge in [0.15, 0.2) is 0 Å². The highest BCUT2D eigenvalue weighted by molar-refractivity contribution is 7.89. The lowest BCUT2D eigenvalue weighted by atomic mass is 9.97. The van der Waals surface area contributed by atoms with Crippen LogP contribution in [0.1, 0.15) is 51.1 Å². The minimum atomic E-state index is -3.96. The van der Waals surface area contributed by atoms with E-state index in [0.29, 0.717) is 37.5 Å². The highest BCUT2D eigenvalue weighted by Gasteiger charge is 2.32. The third-order valence-electron chi connectivity index (χ3n) is 6.48. The highest BCUT2D eigenvalue weighted by Crippen LogP contribution is 2.34. The van der Waals surface area contributed by atoms with Gasteiger partial charge in [-0.25, -0.2) is 13.1 Å². The minimum Gasteiger partial charge on any atom is -0.466 e. The number of nitrogens with zero attached hydrogens (tertiary/aromatic N) is 1. The van der Waals surface area contributed by atoms with Gasteiger partial charge in [-0.2, -0.15) is 0 Å². The molecule has 35 heavy (non-hydrogen) atoms. The molecule has 0 radical (unpaired) electrons. The Morgan fingerprint density at radius 2 is 1.83 bits per heavy atom. The monoisotopic (exact) mass is 499 g/mol. The summed E-state index contributed by atoms with van der Waals surface area (Å²) < 4.78 is 35.3. The molecule has 1 saturated heterocycles. The summed E-state index contributed by atoms with van der Waals surface area (Å²) in [6.07, 6.45) is 3.16. The van der Waals surface area contributed by atoms with Gasteiger partial charge in [0.1, 0.15) is 4.90 Å². The average Bonchev–Trinajstić information content (AvgIpc) is 3.70. The molecule has 2 atom stereocenters. The number of carbonyl (C=O) groups is 2. The molecule has 1 heterocycles. The van der Waals surface area contributed by atoms with E-state index in [1.54, 1.807) is 26.0 Å². The van der Waals surface area contributed by atoms with E-state index in [-0.39, 0.29) is 28.6 Å². The largest absolute Gasteiger partial charge is 0.466 e. The molecule has 2 N–H and O–H groups in total. The van der Waals surface area contributed by atoms with Crippen LogP contribution in [0, 0.1) is 11.8 Å². The van der Waals surface area contributed by atoms with Gasteiger partial charge < -0.3 is 15.0 Å². The fraction of sp³-hybridized carbons (Fsp3) is 0.462. The maximum absolute atomic E-state index is 13.6. The number of hydrogen-bond donors (Lipinski definition) is 2. The van der Waals surface area contributed by atoms with Gasteiger partial charge in [0.05, 0.1) is 18.2 Å². The molecule has 0 aromatic heterocycles. The first kappa shape index (κ1) is 25.2. The third-order valence-corrected chi connectivity index (χ3v) is 8.05. The van der Waals surface area contributed by atoms with Crippen molar-refractivity contribution in [1.82, 2.24) is 4.72 Å². The number of anilines is 2. The molecular formula is C26H33N3O5S. The van der Waals surface area contributed by atoms with Crippen LogP contribution in [0.25, 0.3) is 0 Å². The number of carbonyl (C=O) groups excluding carboxylic acids is 2. The maximum atomic E-state index is 13.6. The summed E-state index contributed by atoms with van der Waals surface area (Å²) in [5.74, 6) is -0.666. The molecule has 0 spiro atoms. The van der Waals surface area contributed by atoms with Crippen molar-refractivity contribution in [1.29, 1.82) is 0 Å². The molecule has 2 aliphatic rings. The predicted octanol–water partition coefficient (Wildman–Crippen LogP) is 3.85. The average molecular weight is 500 g/mol. The number of rotatable bonds is 9. The summed E-state index contributed by atoms with van der Waals surface area (Å²) in [5, 5.41) is 2.85. The lowest BCUT2D eigenvalue weighted by Crippen LogP contribution is -2.40. The van der Waals surface area contributed by atoms with Crippen LogP contribution in [0.3, 0.4) is 0 Å². The molecule has 2 aromatic rings. The molecular weight excluding hydrogens is 466 g/mol. The summed E-state index contributed by atoms with van der Waals surface area (Å²) in [4.78, 5) is 26.7. The van der Waals surface area contributed by atoms with Crippen LogP contribution in [0.5, 0.6) is 0 Å². The highest BCUT2D eigenvalue weighted by atomic mass is 32.2. The summed E-state index contributed by atoms with van der Waals surface area (Å²) in [5.41, 5.74) is 1.80. The van der Waals surface area contributed by atoms with E-state index in [9.17, 15) is 18.0 Å². The standard InChI is InChI=1S/C26H33N3O5S/c1-3-34-26(31)21-10-7-15-29(17-21)23-14-13-22(27-25(30)20-11-12-20)16-24(23)35(32,33)28-18(2)19-8-5-4-6-9-19/h4-6,8-9,13-14,16,18,20-21,28H,3,7,10-12,15,17H2,1-2H3,(H,27,30)/t18-,21+/m0/s1. The molecule has 4 rings (SSSR count). The van der Waals surface area contributed by atoms with E-state index in [0.717, 1.165) is 24.8 Å². The number of sulfonamides is 1. The van der Waals surface area contributed by atoms with E-state index >= 15 is 0 Å². The van der Waals surface area contributed by atoms with E-state index in [1.165, 1.54) is 6.07 Å². The van der Waals surface area contributed by atoms with E-state index < -0.39 is 16.1 Å². The SMILES string of the molecule is CCOC(=O)[C@@H]1CCCN(c2ccc(NC(=O)C3CC3)cc2S(=O)(=O)N[C@@H](C)c2ccccc2)C1. The second-order valence-electron chi connectivity index (χ2n) is 9.24. The van der Waals surface area contributed by atoms with Gasteiger partial charge in [-0.3, -0.25) is 9.59 Å². The van der Waals surface area contributed by atoms with Gasteiger partial charge in [0.25, 0.3) is 0 Å². The van der Waals surface area contributed by atoms with Crippen molar-refractivity contribution in [2.75, 3.05) is 29.9 Å². The first-order valence-electron chi connectivity index (χ1n) is 12.2. The van der Waals surface area contributed by atoms with Crippen LogP contribution < -0.4 is 14.9 Å². The number of benzene rings is 2. The number of esters is 1. The van der Waals surface area contributed by atoms with Crippen LogP contribution in [0.4, 0.5) is 11.4 Å². The Balaban J connectivity index is 1.65. The molecule has 8 nitrogen and oxygen atoms in total. The minimum absolute atomic E-state index is 0.00149. The number of piperidine rings is 1. The van der Waals surface area contributed by atoms with Crippen molar-refractivity contribution < 1.29 is 22.7 Å². The third kappa shape index (κ3) is 6.21. The van der Waals surface area contributed by atoms with Gasteiger partial charge in [-0.1, -0.05) is 30.3 Å². The number of ether oxygens (including phenoxy) is 1. The van der Waals surface area contributed by atoms with Crippen LogP contribution in [-0.2, 0) is 24.3 Å². The molecule has 1 saturated carbocycles. The van der Waals surface area contributed by atoms with Crippen molar-refractivity contribution in [2.24, 2.45) is 11.8 Å². The summed E-state index contributed by atoms with van der Waals surface area (Å²) >= 11 is 0. The summed E-state index contributed by atoms with van der Waals surface area (Å²) in [6, 6.07) is 13.9. The summed E-state index contributed by atoms with van der Waals surface area (Å²) in [6.45, 7) is 4.88. The number of nitrogens with one attached hydrogen (secondary N) is 2. The first-order valence-corrected chi connectivity index (χ1v) is 13.7. The summed E-state index contributed by atoms with van der Waals surface area (Å²) in [7, 11) is -3.96. The molecule has 2 aromatic carbocycles. The Morgan fingerprint density at radius 1 is 1.09 bits per heavy atom. The zero-order chi connectivity index (χ0) is 25.0.